The van der Waals surface area contributed by atoms with E-state index in [2.05, 4.69) is 46.8 Å². The van der Waals surface area contributed by atoms with Crippen molar-refractivity contribution in [1.82, 2.24) is 14.8 Å². The van der Waals surface area contributed by atoms with Crippen molar-refractivity contribution in [2.75, 3.05) is 16.4 Å². The first kappa shape index (κ1) is 27.9. The lowest BCUT2D eigenvalue weighted by molar-refractivity contribution is -0.114. The van der Waals surface area contributed by atoms with Gasteiger partial charge in [0.25, 0.3) is 0 Å². The topological polar surface area (TPSA) is 98.1 Å². The number of carbonyl (C=O) groups is 2. The molecule has 202 valence electrons. The van der Waals surface area contributed by atoms with Crippen LogP contribution in [0, 0.1) is 6.92 Å². The van der Waals surface area contributed by atoms with E-state index in [-0.39, 0.29) is 23.7 Å². The van der Waals surface area contributed by atoms with Crippen LogP contribution in [0.15, 0.2) is 78.0 Å². The summed E-state index contributed by atoms with van der Waals surface area (Å²) in [6.45, 7) is 9.59. The molecule has 2 amide bonds. The van der Waals surface area contributed by atoms with Gasteiger partial charge in [-0.3, -0.25) is 14.2 Å². The molecule has 0 aliphatic carbocycles. The van der Waals surface area contributed by atoms with Crippen molar-refractivity contribution >= 4 is 35.0 Å². The molecule has 0 aliphatic heterocycles. The van der Waals surface area contributed by atoms with E-state index in [1.54, 1.807) is 12.1 Å². The predicted molar refractivity (Wildman–Crippen MR) is 156 cm³/mol. The summed E-state index contributed by atoms with van der Waals surface area (Å²) in [6, 6.07) is 23.2. The zero-order valence-electron chi connectivity index (χ0n) is 22.8. The molecule has 2 N–H and O–H groups in total. The molecular weight excluding hydrogens is 510 g/mol. The van der Waals surface area contributed by atoms with Crippen LogP contribution in [-0.4, -0.2) is 32.3 Å². The Kier molecular flexibility index (Phi) is 9.03. The Bertz CT molecular complexity index is 1430. The second-order valence-corrected chi connectivity index (χ2v) is 10.5. The van der Waals surface area contributed by atoms with E-state index in [4.69, 9.17) is 4.74 Å². The average Bonchev–Trinajstić information content (AvgIpc) is 3.34. The fourth-order valence-corrected chi connectivity index (χ4v) is 4.80. The van der Waals surface area contributed by atoms with Crippen molar-refractivity contribution < 1.29 is 14.3 Å². The number of amides is 2. The zero-order valence-corrected chi connectivity index (χ0v) is 23.6. The maximum Gasteiger partial charge on any atom is 0.234 e. The molecule has 0 fully saturated rings. The third kappa shape index (κ3) is 7.26. The normalized spacial score (nSPS) is 11.7. The van der Waals surface area contributed by atoms with E-state index in [1.807, 2.05) is 66.9 Å². The molecule has 0 bridgehead atoms. The Morgan fingerprint density at radius 3 is 2.31 bits per heavy atom. The predicted octanol–water partition coefficient (Wildman–Crippen LogP) is 6.53. The minimum absolute atomic E-state index is 0.142. The average molecular weight is 544 g/mol. The quantitative estimate of drug-likeness (QED) is 0.221. The molecule has 3 aromatic carbocycles. The Morgan fingerprint density at radius 1 is 0.949 bits per heavy atom. The molecule has 4 rings (SSSR count). The Balaban J connectivity index is 1.48. The molecule has 0 saturated carbocycles. The number of aromatic nitrogens is 3. The Morgan fingerprint density at radius 2 is 1.67 bits per heavy atom. The van der Waals surface area contributed by atoms with Gasteiger partial charge in [-0.15, -0.1) is 10.2 Å². The fraction of sp³-hybridized carbons (Fsp3) is 0.267. The number of nitrogens with zero attached hydrogens (tertiary/aromatic N) is 3. The van der Waals surface area contributed by atoms with Crippen LogP contribution in [0.5, 0.6) is 5.75 Å². The molecule has 1 atom stereocenters. The summed E-state index contributed by atoms with van der Waals surface area (Å²) in [4.78, 5) is 24.1. The number of anilines is 2. The molecule has 8 nitrogen and oxygen atoms in total. The molecule has 4 aromatic rings. The number of hydrogen-bond donors (Lipinski definition) is 2. The smallest absolute Gasteiger partial charge is 0.234 e. The van der Waals surface area contributed by atoms with Gasteiger partial charge in [0.2, 0.25) is 11.8 Å². The molecule has 0 aliphatic rings. The van der Waals surface area contributed by atoms with Crippen molar-refractivity contribution in [2.45, 2.75) is 51.8 Å². The minimum atomic E-state index is -0.379. The fourth-order valence-electron chi connectivity index (χ4n) is 4.04. The van der Waals surface area contributed by atoms with Gasteiger partial charge in [-0.05, 0) is 73.4 Å². The van der Waals surface area contributed by atoms with Gasteiger partial charge in [0.1, 0.15) is 5.75 Å². The first-order valence-corrected chi connectivity index (χ1v) is 13.8. The van der Waals surface area contributed by atoms with Crippen LogP contribution in [0.4, 0.5) is 11.4 Å². The molecule has 9 heteroatoms. The zero-order chi connectivity index (χ0) is 27.9. The van der Waals surface area contributed by atoms with Crippen molar-refractivity contribution in [2.24, 2.45) is 0 Å². The van der Waals surface area contributed by atoms with E-state index in [9.17, 15) is 9.59 Å². The number of benzene rings is 3. The van der Waals surface area contributed by atoms with Crippen LogP contribution in [0.25, 0.3) is 5.69 Å². The maximum absolute atomic E-state index is 12.8. The highest BCUT2D eigenvalue weighted by molar-refractivity contribution is 7.99. The van der Waals surface area contributed by atoms with Crippen LogP contribution in [-0.2, 0) is 9.59 Å². The van der Waals surface area contributed by atoms with E-state index in [0.29, 0.717) is 28.3 Å². The van der Waals surface area contributed by atoms with Gasteiger partial charge in [-0.2, -0.15) is 0 Å². The van der Waals surface area contributed by atoms with Crippen LogP contribution in [0.3, 0.4) is 0 Å². The summed E-state index contributed by atoms with van der Waals surface area (Å²) >= 11 is 1.30. The number of thioether (sulfide) groups is 1. The highest BCUT2D eigenvalue weighted by atomic mass is 32.2. The Labute approximate surface area is 233 Å². The number of hydrogen-bond acceptors (Lipinski definition) is 6. The lowest BCUT2D eigenvalue weighted by atomic mass is 10.0. The largest absolute Gasteiger partial charge is 0.483 e. The number of ether oxygens (including phenoxy) is 1. The van der Waals surface area contributed by atoms with E-state index in [1.165, 1.54) is 24.2 Å². The summed E-state index contributed by atoms with van der Waals surface area (Å²) in [5, 5.41) is 15.1. The van der Waals surface area contributed by atoms with Crippen molar-refractivity contribution in [1.29, 1.82) is 0 Å². The summed E-state index contributed by atoms with van der Waals surface area (Å²) in [6.07, 6.45) is -0.379. The molecule has 0 spiro atoms. The summed E-state index contributed by atoms with van der Waals surface area (Å²) in [7, 11) is 0. The monoisotopic (exact) mass is 543 g/mol. The number of carbonyl (C=O) groups excluding carboxylic acids is 2. The second-order valence-electron chi connectivity index (χ2n) is 9.54. The second kappa shape index (κ2) is 12.6. The van der Waals surface area contributed by atoms with Crippen LogP contribution >= 0.6 is 11.8 Å². The lowest BCUT2D eigenvalue weighted by Gasteiger charge is -2.17. The molecule has 0 saturated heterocycles. The summed E-state index contributed by atoms with van der Waals surface area (Å²) in [5.74, 6) is 1.66. The van der Waals surface area contributed by atoms with Crippen molar-refractivity contribution in [3.8, 4) is 11.4 Å². The molecule has 39 heavy (non-hydrogen) atoms. The highest BCUT2D eigenvalue weighted by Crippen LogP contribution is 2.29. The van der Waals surface area contributed by atoms with Gasteiger partial charge < -0.3 is 15.4 Å². The van der Waals surface area contributed by atoms with Gasteiger partial charge in [0.15, 0.2) is 17.1 Å². The van der Waals surface area contributed by atoms with Crippen LogP contribution in [0.1, 0.15) is 56.7 Å². The first-order valence-electron chi connectivity index (χ1n) is 12.8. The summed E-state index contributed by atoms with van der Waals surface area (Å²) < 4.78 is 8.15. The molecule has 1 aromatic heterocycles. The maximum atomic E-state index is 12.8. The SMILES string of the molecule is CC(=O)Nc1ccc(NC(=O)CSc2nnc(C(C)Oc3ccc(C(C)C)cc3)n2-c2ccccc2)cc1C. The third-order valence-electron chi connectivity index (χ3n) is 6.05. The van der Waals surface area contributed by atoms with Crippen molar-refractivity contribution in [3.05, 3.63) is 89.7 Å². The van der Waals surface area contributed by atoms with E-state index >= 15 is 0 Å². The lowest BCUT2D eigenvalue weighted by Crippen LogP contribution is -2.15. The standard InChI is InChI=1S/C30H33N5O3S/c1-19(2)23-11-14-26(15-12-23)38-21(4)29-33-34-30(35(29)25-9-7-6-8-10-25)39-18-28(37)32-24-13-16-27(20(3)17-24)31-22(5)36/h6-17,19,21H,18H2,1-5H3,(H,31,36)(H,32,37). The van der Waals surface area contributed by atoms with Gasteiger partial charge >= 0.3 is 0 Å². The summed E-state index contributed by atoms with van der Waals surface area (Å²) in [5.41, 5.74) is 4.36. The van der Waals surface area contributed by atoms with Gasteiger partial charge in [-0.1, -0.05) is 55.9 Å². The number of nitrogens with one attached hydrogen (secondary N) is 2. The van der Waals surface area contributed by atoms with Crippen molar-refractivity contribution in [3.63, 3.8) is 0 Å². The number of rotatable bonds is 10. The molecule has 1 unspecified atom stereocenters. The first-order chi connectivity index (χ1) is 18.7. The minimum Gasteiger partial charge on any atom is -0.483 e. The van der Waals surface area contributed by atoms with Gasteiger partial charge in [0, 0.05) is 24.0 Å². The Hall–Kier alpha value is -4.11. The molecule has 1 heterocycles. The molecular formula is C30H33N5O3S. The van der Waals surface area contributed by atoms with E-state index in [0.717, 1.165) is 17.0 Å². The number of para-hydroxylation sites is 1. The van der Waals surface area contributed by atoms with Gasteiger partial charge in [-0.25, -0.2) is 0 Å². The van der Waals surface area contributed by atoms with Crippen LogP contribution in [0.2, 0.25) is 0 Å². The number of aryl methyl sites for hydroxylation is 1. The third-order valence-corrected chi connectivity index (χ3v) is 6.98. The van der Waals surface area contributed by atoms with Crippen LogP contribution < -0.4 is 15.4 Å². The highest BCUT2D eigenvalue weighted by Gasteiger charge is 2.22. The van der Waals surface area contributed by atoms with Gasteiger partial charge in [0.05, 0.1) is 5.75 Å². The van der Waals surface area contributed by atoms with E-state index < -0.39 is 0 Å². The molecule has 0 radical (unpaired) electrons.